The number of hydrogen-bond donors (Lipinski definition) is 0. The van der Waals surface area contributed by atoms with E-state index in [2.05, 4.69) is 400 Å². The second-order valence-corrected chi connectivity index (χ2v) is 33.6. The second kappa shape index (κ2) is 31.2. The molecule has 0 fully saturated rings. The topological polar surface area (TPSA) is 11.4 Å². The molecule has 0 N–H and O–H groups in total. The molecule has 0 aliphatic heterocycles. The van der Waals surface area contributed by atoms with E-state index in [1.807, 2.05) is 42.5 Å². The van der Waals surface area contributed by atoms with Crippen LogP contribution in [0.4, 0.5) is 34.1 Å². The monoisotopic (exact) mass is 1510 g/mol. The van der Waals surface area contributed by atoms with E-state index in [9.17, 15) is 9.60 Å². The third-order valence-corrected chi connectivity index (χ3v) is 22.6. The molecule has 18 aromatic rings. The van der Waals surface area contributed by atoms with Gasteiger partial charge in [-0.1, -0.05) is 353 Å². The average Bonchev–Trinajstić information content (AvgIpc) is 1.55. The van der Waals surface area contributed by atoms with E-state index in [-0.39, 0.29) is 63.0 Å². The molecule has 566 valence electrons. The summed E-state index contributed by atoms with van der Waals surface area (Å²) in [6.45, 7) is 20.5. The molecule has 0 atom stereocenters. The lowest BCUT2D eigenvalue weighted by molar-refractivity contribution is 0.590. The molecule has 1 heterocycles. The van der Waals surface area contributed by atoms with Crippen molar-refractivity contribution in [2.45, 2.75) is 78.6 Å². The summed E-state index contributed by atoms with van der Waals surface area (Å²) in [6, 6.07) is 129. The van der Waals surface area contributed by atoms with Gasteiger partial charge in [0, 0.05) is 61.5 Å². The van der Waals surface area contributed by atoms with Crippen LogP contribution in [0.25, 0.3) is 139 Å². The molecule has 0 unspecified atom stereocenters. The summed E-state index contributed by atoms with van der Waals surface area (Å²) in [5.74, 6) is 0. The molecule has 0 amide bonds. The lowest BCUT2D eigenvalue weighted by atomic mass is 9.81. The van der Waals surface area contributed by atoms with Crippen molar-refractivity contribution in [2.75, 3.05) is 9.80 Å². The molecule has 18 rings (SSSR count). The van der Waals surface area contributed by atoms with Crippen molar-refractivity contribution >= 4 is 55.9 Å². The fourth-order valence-corrected chi connectivity index (χ4v) is 16.3. The minimum Gasteiger partial charge on any atom is -0.309 e. The number of para-hydroxylation sites is 1. The molecule has 0 radical (unpaired) electrons. The largest absolute Gasteiger partial charge is 0.309 e. The Morgan fingerprint density at radius 2 is 0.547 bits per heavy atom. The highest BCUT2D eigenvalue weighted by Gasteiger charge is 2.33. The molecule has 0 bridgehead atoms. The Hall–Kier alpha value is -13.9. The third-order valence-electron chi connectivity index (χ3n) is 22.6. The first-order chi connectivity index (χ1) is 59.8. The van der Waals surface area contributed by atoms with Gasteiger partial charge in [-0.3, -0.25) is 0 Å². The zero-order chi connectivity index (χ0) is 86.0. The van der Waals surface area contributed by atoms with Crippen LogP contribution in [-0.2, 0) is 16.2 Å². The lowest BCUT2D eigenvalue weighted by Gasteiger charge is -2.36. The van der Waals surface area contributed by atoms with Crippen molar-refractivity contribution in [3.63, 3.8) is 0 Å². The Bertz CT molecular complexity index is 6850. The minimum absolute atomic E-state index is 0.0859. The van der Waals surface area contributed by atoms with Crippen molar-refractivity contribution in [1.29, 1.82) is 0 Å². The highest BCUT2D eigenvalue weighted by atomic mass is 15.2. The smallest absolute Gasteiger partial charge is 0.0645 e. The fourth-order valence-electron chi connectivity index (χ4n) is 16.3. The molecule has 0 saturated carbocycles. The number of rotatable bonds is 17. The second-order valence-electron chi connectivity index (χ2n) is 33.6. The predicted molar refractivity (Wildman–Crippen MR) is 501 cm³/mol. The summed E-state index contributed by atoms with van der Waals surface area (Å²) in [5.41, 5.74) is 27.1. The molecule has 1 aromatic heterocycles. The van der Waals surface area contributed by atoms with E-state index in [1.54, 1.807) is 4.57 Å². The lowest BCUT2D eigenvalue weighted by Crippen LogP contribution is -2.20. The van der Waals surface area contributed by atoms with Crippen LogP contribution in [0.15, 0.2) is 412 Å². The molecule has 17 aromatic carbocycles. The number of anilines is 6. The van der Waals surface area contributed by atoms with E-state index < -0.39 is 22.9 Å². The van der Waals surface area contributed by atoms with Gasteiger partial charge in [0.25, 0.3) is 0 Å². The summed E-state index contributed by atoms with van der Waals surface area (Å²) in [5, 5.41) is 0.239. The SMILES string of the molecule is [2H]c1c([2H])c([2H])c2c(c1[2H])c1c([2H])c(-c3ccccc3)c([2H])c([2H])c1n2-c1cccc(N(c2cc(N(c3ccc(-c4cc(-c5ccccc5)cc(-c5ccccc5)c4)cc3)c3c(-c4ccccc4)cc(C(C)(C)C)cc3-c3ccccc3)cc(C(C)(C)C)c2)c2c(-c3cccc(-c4ccccc4)c3)cc(C(C)(C)C)cc2-c2cccc(-c3ccccc3)c2)c1. The Labute approximate surface area is 700 Å². The van der Waals surface area contributed by atoms with Crippen LogP contribution < -0.4 is 9.80 Å². The van der Waals surface area contributed by atoms with E-state index in [0.717, 1.165) is 140 Å². The molecule has 0 aliphatic carbocycles. The van der Waals surface area contributed by atoms with Crippen molar-refractivity contribution in [3.8, 4) is 117 Å². The van der Waals surface area contributed by atoms with E-state index in [1.165, 1.54) is 5.56 Å². The molecule has 117 heavy (non-hydrogen) atoms. The zero-order valence-electron chi connectivity index (χ0n) is 74.6. The number of nitrogens with zero attached hydrogens (tertiary/aromatic N) is 3. The van der Waals surface area contributed by atoms with Gasteiger partial charge in [-0.15, -0.1) is 0 Å². The van der Waals surface area contributed by atoms with Crippen molar-refractivity contribution in [2.24, 2.45) is 0 Å². The maximum absolute atomic E-state index is 10.3. The van der Waals surface area contributed by atoms with Crippen molar-refractivity contribution in [1.82, 2.24) is 4.57 Å². The molecule has 0 saturated heterocycles. The molecular weight excluding hydrogens is 1410 g/mol. The Morgan fingerprint density at radius 1 is 0.222 bits per heavy atom. The average molecular weight is 1510 g/mol. The first kappa shape index (κ1) is 66.6. The van der Waals surface area contributed by atoms with Gasteiger partial charge in [0.05, 0.1) is 32.0 Å². The molecular formula is C114H95N3. The predicted octanol–water partition coefficient (Wildman–Crippen LogP) is 32.3. The molecule has 3 nitrogen and oxygen atoms in total. The van der Waals surface area contributed by atoms with Crippen molar-refractivity contribution in [3.05, 3.63) is 429 Å². The van der Waals surface area contributed by atoms with E-state index in [0.29, 0.717) is 16.9 Å². The highest BCUT2D eigenvalue weighted by molar-refractivity contribution is 6.11. The highest BCUT2D eigenvalue weighted by Crippen LogP contribution is 2.55. The minimum atomic E-state index is -0.540. The third kappa shape index (κ3) is 15.1. The maximum atomic E-state index is 10.3. The summed E-state index contributed by atoms with van der Waals surface area (Å²) in [7, 11) is 0. The quantitative estimate of drug-likeness (QED) is 0.0900. The van der Waals surface area contributed by atoms with Crippen molar-refractivity contribution < 1.29 is 9.60 Å². The van der Waals surface area contributed by atoms with Crippen LogP contribution in [0.5, 0.6) is 0 Å². The standard InChI is InChI=1S/C114H95N3/c1-112(2,3)94-70-100(115(110-103(84-46-27-15-28-47-84)72-95(113(4,5)6)73-104(110)85-48-29-16-30-49-85)97-61-58-83(59-62-97)93-67-91(81-42-23-13-24-43-81)66-92(68-93)82-44-25-14-26-45-82)77-101(71-94)116(98-54-35-55-99(76-98)117-108-57-32-31-56-102(108)107-69-88(60-63-109(107)117)80-40-21-12-22-41-80)111-105(89-52-33-50-86(64-89)78-36-17-10-18-37-78)74-96(114(7,8)9)75-106(111)90-53-34-51-87(65-90)79-38-19-11-20-39-79/h10-77H,1-9H3/i31D,32D,56D,57D,60D,63D,69D. The maximum Gasteiger partial charge on any atom is 0.0645 e. The van der Waals surface area contributed by atoms with Gasteiger partial charge in [0.1, 0.15) is 0 Å². The first-order valence-corrected chi connectivity index (χ1v) is 40.4. The molecule has 0 spiro atoms. The van der Waals surface area contributed by atoms with Crippen LogP contribution in [-0.4, -0.2) is 4.57 Å². The Morgan fingerprint density at radius 3 is 0.974 bits per heavy atom. The number of aromatic nitrogens is 1. The normalized spacial score (nSPS) is 12.6. The van der Waals surface area contributed by atoms with Gasteiger partial charge in [-0.2, -0.15) is 0 Å². The van der Waals surface area contributed by atoms with Gasteiger partial charge >= 0.3 is 0 Å². The van der Waals surface area contributed by atoms with Crippen LogP contribution in [0.3, 0.4) is 0 Å². The first-order valence-electron chi connectivity index (χ1n) is 43.9. The van der Waals surface area contributed by atoms with Gasteiger partial charge in [-0.05, 0) is 243 Å². The number of hydrogen-bond acceptors (Lipinski definition) is 2. The van der Waals surface area contributed by atoms with Gasteiger partial charge < -0.3 is 14.4 Å². The number of fused-ring (bicyclic) bond motifs is 3. The summed E-state index contributed by atoms with van der Waals surface area (Å²) >= 11 is 0. The number of benzene rings is 17. The summed E-state index contributed by atoms with van der Waals surface area (Å²) < 4.78 is 70.9. The van der Waals surface area contributed by atoms with E-state index >= 15 is 0 Å². The van der Waals surface area contributed by atoms with Crippen LogP contribution in [0.1, 0.15) is 88.6 Å². The van der Waals surface area contributed by atoms with Crippen LogP contribution in [0, 0.1) is 0 Å². The van der Waals surface area contributed by atoms with Gasteiger partial charge in [0.15, 0.2) is 0 Å². The zero-order valence-corrected chi connectivity index (χ0v) is 67.6. The van der Waals surface area contributed by atoms with Crippen LogP contribution in [0.2, 0.25) is 0 Å². The molecule has 3 heteroatoms. The summed E-state index contributed by atoms with van der Waals surface area (Å²) in [6.07, 6.45) is 0. The van der Waals surface area contributed by atoms with Gasteiger partial charge in [0.2, 0.25) is 0 Å². The van der Waals surface area contributed by atoms with Gasteiger partial charge in [-0.25, -0.2) is 0 Å². The van der Waals surface area contributed by atoms with E-state index in [4.69, 9.17) is 0 Å². The summed E-state index contributed by atoms with van der Waals surface area (Å²) in [4.78, 5) is 4.89. The van der Waals surface area contributed by atoms with Crippen LogP contribution >= 0.6 is 0 Å². The Kier molecular flexibility index (Phi) is 17.7. The fraction of sp³-hybridized carbons (Fsp3) is 0.105. The Balaban J connectivity index is 0.993. The molecule has 0 aliphatic rings.